The van der Waals surface area contributed by atoms with E-state index in [0.29, 0.717) is 24.6 Å². The number of nitrogens with zero attached hydrogens (tertiary/aromatic N) is 1. The summed E-state index contributed by atoms with van der Waals surface area (Å²) < 4.78 is 5.29. The molecule has 2 amide bonds. The maximum atomic E-state index is 12.7. The predicted molar refractivity (Wildman–Crippen MR) is 113 cm³/mol. The van der Waals surface area contributed by atoms with Crippen molar-refractivity contribution in [1.29, 1.82) is 0 Å². The van der Waals surface area contributed by atoms with Gasteiger partial charge in [0, 0.05) is 37.0 Å². The van der Waals surface area contributed by atoms with Gasteiger partial charge in [-0.25, -0.2) is 0 Å². The number of hydrogen-bond acceptors (Lipinski definition) is 3. The Kier molecular flexibility index (Phi) is 5.84. The van der Waals surface area contributed by atoms with Crippen molar-refractivity contribution < 1.29 is 14.3 Å². The van der Waals surface area contributed by atoms with Crippen molar-refractivity contribution in [2.75, 3.05) is 20.2 Å². The van der Waals surface area contributed by atoms with Crippen molar-refractivity contribution in [2.24, 2.45) is 5.92 Å². The molecule has 1 aliphatic carbocycles. The van der Waals surface area contributed by atoms with Crippen LogP contribution in [0.1, 0.15) is 42.5 Å². The van der Waals surface area contributed by atoms with Gasteiger partial charge < -0.3 is 15.0 Å². The third-order valence-corrected chi connectivity index (χ3v) is 6.08. The van der Waals surface area contributed by atoms with E-state index in [1.165, 1.54) is 12.8 Å². The first kappa shape index (κ1) is 19.5. The number of carbonyl (C=O) groups excluding carboxylic acids is 2. The van der Waals surface area contributed by atoms with Gasteiger partial charge in [-0.15, -0.1) is 0 Å². The van der Waals surface area contributed by atoms with Gasteiger partial charge in [0.15, 0.2) is 0 Å². The molecule has 2 aliphatic rings. The van der Waals surface area contributed by atoms with Crippen molar-refractivity contribution >= 4 is 11.8 Å². The van der Waals surface area contributed by atoms with Crippen LogP contribution in [-0.4, -0.2) is 43.0 Å². The van der Waals surface area contributed by atoms with Gasteiger partial charge in [-0.3, -0.25) is 9.59 Å². The number of hydrogen-bond donors (Lipinski definition) is 1. The zero-order chi connectivity index (χ0) is 20.2. The van der Waals surface area contributed by atoms with Crippen LogP contribution in [0.4, 0.5) is 0 Å². The van der Waals surface area contributed by atoms with E-state index in [4.69, 9.17) is 4.74 Å². The number of ether oxygens (including phenoxy) is 1. The Balaban J connectivity index is 1.37. The van der Waals surface area contributed by atoms with Gasteiger partial charge in [0.1, 0.15) is 5.75 Å². The average Bonchev–Trinajstić information content (AvgIpc) is 3.41. The van der Waals surface area contributed by atoms with Crippen LogP contribution < -0.4 is 10.1 Å². The third-order valence-electron chi connectivity index (χ3n) is 6.08. The van der Waals surface area contributed by atoms with Crippen LogP contribution in [0, 0.1) is 5.92 Å². The summed E-state index contributed by atoms with van der Waals surface area (Å²) in [4.78, 5) is 27.1. The van der Waals surface area contributed by atoms with Crippen LogP contribution in [0.5, 0.6) is 5.75 Å². The van der Waals surface area contributed by atoms with Gasteiger partial charge in [0.05, 0.1) is 7.11 Å². The van der Waals surface area contributed by atoms with E-state index in [2.05, 4.69) is 5.32 Å². The highest BCUT2D eigenvalue weighted by Crippen LogP contribution is 2.29. The van der Waals surface area contributed by atoms with E-state index in [1.807, 2.05) is 53.4 Å². The Bertz CT molecular complexity index is 889. The summed E-state index contributed by atoms with van der Waals surface area (Å²) in [6, 6.07) is 15.8. The Morgan fingerprint density at radius 3 is 2.59 bits per heavy atom. The minimum atomic E-state index is -0.0958. The molecule has 2 fully saturated rings. The van der Waals surface area contributed by atoms with E-state index < -0.39 is 0 Å². The van der Waals surface area contributed by atoms with Gasteiger partial charge in [-0.05, 0) is 48.2 Å². The lowest BCUT2D eigenvalue weighted by atomic mass is 10.0. The SMILES string of the molecule is COc1cccc(-c2cccc(C(=O)NCC3CC(=O)N(C4CCCC4)C3)c2)c1. The zero-order valence-electron chi connectivity index (χ0n) is 16.9. The molecule has 152 valence electrons. The molecule has 1 aliphatic heterocycles. The van der Waals surface area contributed by atoms with Crippen LogP contribution in [0.15, 0.2) is 48.5 Å². The minimum Gasteiger partial charge on any atom is -0.497 e. The minimum absolute atomic E-state index is 0.0958. The number of amides is 2. The summed E-state index contributed by atoms with van der Waals surface area (Å²) in [5.41, 5.74) is 2.61. The molecule has 2 aromatic carbocycles. The van der Waals surface area contributed by atoms with Gasteiger partial charge in [0.2, 0.25) is 5.91 Å². The van der Waals surface area contributed by atoms with Crippen LogP contribution in [0.25, 0.3) is 11.1 Å². The lowest BCUT2D eigenvalue weighted by molar-refractivity contribution is -0.129. The molecule has 29 heavy (non-hydrogen) atoms. The monoisotopic (exact) mass is 392 g/mol. The second kappa shape index (κ2) is 8.68. The molecule has 1 heterocycles. The topological polar surface area (TPSA) is 58.6 Å². The highest BCUT2D eigenvalue weighted by Gasteiger charge is 2.35. The quantitative estimate of drug-likeness (QED) is 0.812. The largest absolute Gasteiger partial charge is 0.497 e. The standard InChI is InChI=1S/C24H28N2O3/c1-29-22-11-5-7-19(14-22)18-6-4-8-20(13-18)24(28)25-15-17-12-23(27)26(16-17)21-9-2-3-10-21/h4-8,11,13-14,17,21H,2-3,9-10,12,15-16H2,1H3,(H,25,28). The van der Waals surface area contributed by atoms with Crippen molar-refractivity contribution in [2.45, 2.75) is 38.1 Å². The highest BCUT2D eigenvalue weighted by atomic mass is 16.5. The smallest absolute Gasteiger partial charge is 0.251 e. The molecule has 1 N–H and O–H groups in total. The fourth-order valence-electron chi connectivity index (χ4n) is 4.50. The van der Waals surface area contributed by atoms with Crippen molar-refractivity contribution in [3.63, 3.8) is 0 Å². The molecule has 5 heteroatoms. The van der Waals surface area contributed by atoms with Gasteiger partial charge in [-0.1, -0.05) is 37.1 Å². The lowest BCUT2D eigenvalue weighted by Gasteiger charge is -2.24. The summed E-state index contributed by atoms with van der Waals surface area (Å²) in [6.07, 6.45) is 5.24. The first-order valence-electron chi connectivity index (χ1n) is 10.5. The van der Waals surface area contributed by atoms with Crippen LogP contribution in [0.2, 0.25) is 0 Å². The van der Waals surface area contributed by atoms with Gasteiger partial charge >= 0.3 is 0 Å². The Labute approximate surface area is 172 Å². The molecule has 0 bridgehead atoms. The Morgan fingerprint density at radius 1 is 1.10 bits per heavy atom. The molecule has 1 saturated carbocycles. The van der Waals surface area contributed by atoms with E-state index in [9.17, 15) is 9.59 Å². The van der Waals surface area contributed by atoms with Crippen molar-refractivity contribution in [3.05, 3.63) is 54.1 Å². The number of methoxy groups -OCH3 is 1. The summed E-state index contributed by atoms with van der Waals surface area (Å²) in [6.45, 7) is 1.31. The number of rotatable bonds is 6. The Morgan fingerprint density at radius 2 is 1.83 bits per heavy atom. The molecule has 5 nitrogen and oxygen atoms in total. The lowest BCUT2D eigenvalue weighted by Crippen LogP contribution is -2.36. The fraction of sp³-hybridized carbons (Fsp3) is 0.417. The molecule has 0 radical (unpaired) electrons. The van der Waals surface area contributed by atoms with E-state index in [-0.39, 0.29) is 17.7 Å². The maximum absolute atomic E-state index is 12.7. The predicted octanol–water partition coefficient (Wildman–Crippen LogP) is 3.88. The summed E-state index contributed by atoms with van der Waals surface area (Å²) in [5.74, 6) is 1.14. The highest BCUT2D eigenvalue weighted by molar-refractivity contribution is 5.95. The van der Waals surface area contributed by atoms with E-state index in [0.717, 1.165) is 36.3 Å². The fourth-order valence-corrected chi connectivity index (χ4v) is 4.50. The zero-order valence-corrected chi connectivity index (χ0v) is 16.9. The number of likely N-dealkylation sites (tertiary alicyclic amines) is 1. The van der Waals surface area contributed by atoms with Crippen molar-refractivity contribution in [3.8, 4) is 16.9 Å². The summed E-state index contributed by atoms with van der Waals surface area (Å²) in [5, 5.41) is 3.03. The summed E-state index contributed by atoms with van der Waals surface area (Å²) in [7, 11) is 1.64. The number of carbonyl (C=O) groups is 2. The molecule has 1 atom stereocenters. The first-order chi connectivity index (χ1) is 14.1. The first-order valence-corrected chi connectivity index (χ1v) is 10.5. The third kappa shape index (κ3) is 4.44. The molecular weight excluding hydrogens is 364 g/mol. The average molecular weight is 392 g/mol. The molecule has 1 saturated heterocycles. The molecule has 0 aromatic heterocycles. The normalized spacial score (nSPS) is 19.6. The van der Waals surface area contributed by atoms with Crippen LogP contribution >= 0.6 is 0 Å². The molecular formula is C24H28N2O3. The van der Waals surface area contributed by atoms with Crippen LogP contribution in [0.3, 0.4) is 0 Å². The maximum Gasteiger partial charge on any atom is 0.251 e. The van der Waals surface area contributed by atoms with E-state index in [1.54, 1.807) is 7.11 Å². The number of nitrogens with one attached hydrogen (secondary N) is 1. The van der Waals surface area contributed by atoms with Crippen LogP contribution in [-0.2, 0) is 4.79 Å². The molecule has 2 aromatic rings. The number of benzene rings is 2. The second-order valence-electron chi connectivity index (χ2n) is 8.08. The second-order valence-corrected chi connectivity index (χ2v) is 8.08. The molecule has 0 spiro atoms. The van der Waals surface area contributed by atoms with Gasteiger partial charge in [-0.2, -0.15) is 0 Å². The Hall–Kier alpha value is -2.82. The van der Waals surface area contributed by atoms with Crippen molar-refractivity contribution in [1.82, 2.24) is 10.2 Å². The molecule has 1 unspecified atom stereocenters. The van der Waals surface area contributed by atoms with E-state index >= 15 is 0 Å². The molecule has 4 rings (SSSR count). The van der Waals surface area contributed by atoms with Gasteiger partial charge in [0.25, 0.3) is 5.91 Å². The summed E-state index contributed by atoms with van der Waals surface area (Å²) >= 11 is 0.